The highest BCUT2D eigenvalue weighted by atomic mass is 32.1. The molecule has 2 nitrogen and oxygen atoms in total. The quantitative estimate of drug-likeness (QED) is 0.807. The standard InChI is InChI=1S/C10H18N2S/c1-7(2)12-10(4,5)9-11-6-8(3)13-9/h6-7,12H,1-5H3. The van der Waals surface area contributed by atoms with Gasteiger partial charge < -0.3 is 5.32 Å². The SMILES string of the molecule is Cc1cnc(C(C)(C)NC(C)C)s1. The topological polar surface area (TPSA) is 24.9 Å². The van der Waals surface area contributed by atoms with Gasteiger partial charge in [-0.2, -0.15) is 0 Å². The van der Waals surface area contributed by atoms with E-state index in [0.717, 1.165) is 0 Å². The van der Waals surface area contributed by atoms with Gasteiger partial charge in [0.2, 0.25) is 0 Å². The molecule has 0 radical (unpaired) electrons. The van der Waals surface area contributed by atoms with Crippen molar-refractivity contribution in [2.75, 3.05) is 0 Å². The first kappa shape index (κ1) is 10.7. The fourth-order valence-electron chi connectivity index (χ4n) is 1.43. The van der Waals surface area contributed by atoms with E-state index in [4.69, 9.17) is 0 Å². The van der Waals surface area contributed by atoms with E-state index in [1.54, 1.807) is 11.3 Å². The van der Waals surface area contributed by atoms with E-state index in [2.05, 4.69) is 44.9 Å². The third-order valence-corrected chi connectivity index (χ3v) is 3.04. The van der Waals surface area contributed by atoms with Gasteiger partial charge >= 0.3 is 0 Å². The summed E-state index contributed by atoms with van der Waals surface area (Å²) in [5.41, 5.74) is -0.00685. The van der Waals surface area contributed by atoms with Crippen LogP contribution < -0.4 is 5.32 Å². The van der Waals surface area contributed by atoms with Gasteiger partial charge in [-0.25, -0.2) is 4.98 Å². The number of aryl methyl sites for hydroxylation is 1. The lowest BCUT2D eigenvalue weighted by atomic mass is 10.1. The van der Waals surface area contributed by atoms with Crippen LogP contribution in [0.25, 0.3) is 0 Å². The molecular formula is C10H18N2S. The maximum atomic E-state index is 4.40. The summed E-state index contributed by atoms with van der Waals surface area (Å²) >= 11 is 1.76. The third-order valence-electron chi connectivity index (χ3n) is 1.81. The zero-order valence-corrected chi connectivity index (χ0v) is 9.83. The second-order valence-corrected chi connectivity index (χ2v) is 5.43. The molecule has 1 N–H and O–H groups in total. The molecule has 0 saturated heterocycles. The van der Waals surface area contributed by atoms with Crippen LogP contribution in [-0.2, 0) is 5.54 Å². The Morgan fingerprint density at radius 3 is 2.46 bits per heavy atom. The molecule has 3 heteroatoms. The van der Waals surface area contributed by atoms with Crippen LogP contribution in [0.2, 0.25) is 0 Å². The number of nitrogens with one attached hydrogen (secondary N) is 1. The summed E-state index contributed by atoms with van der Waals surface area (Å²) in [5, 5.41) is 4.66. The lowest BCUT2D eigenvalue weighted by molar-refractivity contribution is 0.364. The smallest absolute Gasteiger partial charge is 0.112 e. The zero-order valence-electron chi connectivity index (χ0n) is 9.01. The number of aromatic nitrogens is 1. The number of rotatable bonds is 3. The van der Waals surface area contributed by atoms with E-state index >= 15 is 0 Å². The highest BCUT2D eigenvalue weighted by Crippen LogP contribution is 2.24. The lowest BCUT2D eigenvalue weighted by Crippen LogP contribution is -2.40. The molecule has 74 valence electrons. The van der Waals surface area contributed by atoms with Crippen molar-refractivity contribution in [2.45, 2.75) is 46.2 Å². The minimum Gasteiger partial charge on any atom is -0.304 e. The third kappa shape index (κ3) is 2.78. The molecule has 0 fully saturated rings. The molecule has 0 saturated carbocycles. The fraction of sp³-hybridized carbons (Fsp3) is 0.700. The summed E-state index contributed by atoms with van der Waals surface area (Å²) in [6.07, 6.45) is 1.93. The van der Waals surface area contributed by atoms with Crippen molar-refractivity contribution in [3.05, 3.63) is 16.1 Å². The van der Waals surface area contributed by atoms with Gasteiger partial charge in [0.1, 0.15) is 5.01 Å². The Bertz CT molecular complexity index is 276. The van der Waals surface area contributed by atoms with E-state index in [9.17, 15) is 0 Å². The number of hydrogen-bond acceptors (Lipinski definition) is 3. The van der Waals surface area contributed by atoms with Crippen molar-refractivity contribution >= 4 is 11.3 Å². The molecule has 0 aromatic carbocycles. The maximum Gasteiger partial charge on any atom is 0.112 e. The monoisotopic (exact) mass is 198 g/mol. The molecule has 0 atom stereocenters. The van der Waals surface area contributed by atoms with E-state index in [-0.39, 0.29) is 5.54 Å². The van der Waals surface area contributed by atoms with Crippen molar-refractivity contribution in [3.8, 4) is 0 Å². The molecule has 0 unspecified atom stereocenters. The van der Waals surface area contributed by atoms with E-state index in [1.165, 1.54) is 9.88 Å². The maximum absolute atomic E-state index is 4.40. The van der Waals surface area contributed by atoms with Crippen LogP contribution in [0.15, 0.2) is 6.20 Å². The predicted molar refractivity (Wildman–Crippen MR) is 58.1 cm³/mol. The van der Waals surface area contributed by atoms with Gasteiger partial charge in [0.05, 0.1) is 5.54 Å². The first-order chi connectivity index (χ1) is 5.92. The average molecular weight is 198 g/mol. The Morgan fingerprint density at radius 1 is 1.46 bits per heavy atom. The van der Waals surface area contributed by atoms with E-state index < -0.39 is 0 Å². The second-order valence-electron chi connectivity index (χ2n) is 4.20. The van der Waals surface area contributed by atoms with Crippen LogP contribution in [0.4, 0.5) is 0 Å². The molecule has 1 heterocycles. The van der Waals surface area contributed by atoms with Crippen molar-refractivity contribution in [3.63, 3.8) is 0 Å². The van der Waals surface area contributed by atoms with Crippen molar-refractivity contribution in [1.82, 2.24) is 10.3 Å². The molecule has 0 bridgehead atoms. The van der Waals surface area contributed by atoms with Crippen LogP contribution >= 0.6 is 11.3 Å². The zero-order chi connectivity index (χ0) is 10.1. The first-order valence-corrected chi connectivity index (χ1v) is 5.44. The minimum absolute atomic E-state index is 0.00685. The van der Waals surface area contributed by atoms with Crippen LogP contribution in [-0.4, -0.2) is 11.0 Å². The minimum atomic E-state index is -0.00685. The van der Waals surface area contributed by atoms with Gasteiger partial charge in [0.15, 0.2) is 0 Å². The molecular weight excluding hydrogens is 180 g/mol. The summed E-state index contributed by atoms with van der Waals surface area (Å²) in [7, 11) is 0. The molecule has 0 aliphatic heterocycles. The van der Waals surface area contributed by atoms with Gasteiger partial charge in [0, 0.05) is 17.1 Å². The molecule has 0 aliphatic rings. The fourth-order valence-corrected chi connectivity index (χ4v) is 2.26. The van der Waals surface area contributed by atoms with Gasteiger partial charge in [-0.05, 0) is 34.6 Å². The first-order valence-electron chi connectivity index (χ1n) is 4.62. The Labute approximate surface area is 84.4 Å². The van der Waals surface area contributed by atoms with Crippen molar-refractivity contribution in [2.24, 2.45) is 0 Å². The van der Waals surface area contributed by atoms with Crippen LogP contribution in [0.5, 0.6) is 0 Å². The molecule has 13 heavy (non-hydrogen) atoms. The highest BCUT2D eigenvalue weighted by Gasteiger charge is 2.23. The molecule has 1 rings (SSSR count). The van der Waals surface area contributed by atoms with E-state index in [0.29, 0.717) is 6.04 Å². The highest BCUT2D eigenvalue weighted by molar-refractivity contribution is 7.11. The summed E-state index contributed by atoms with van der Waals surface area (Å²) in [6, 6.07) is 0.485. The Hall–Kier alpha value is -0.410. The number of thiazole rings is 1. The largest absolute Gasteiger partial charge is 0.304 e. The van der Waals surface area contributed by atoms with Gasteiger partial charge in [-0.3, -0.25) is 0 Å². The van der Waals surface area contributed by atoms with Crippen LogP contribution in [0.3, 0.4) is 0 Å². The summed E-state index contributed by atoms with van der Waals surface area (Å²) in [4.78, 5) is 5.67. The number of nitrogens with zero attached hydrogens (tertiary/aromatic N) is 1. The van der Waals surface area contributed by atoms with Crippen molar-refractivity contribution in [1.29, 1.82) is 0 Å². The van der Waals surface area contributed by atoms with Gasteiger partial charge in [0.25, 0.3) is 0 Å². The Kier molecular flexibility index (Phi) is 3.09. The molecule has 0 spiro atoms. The Balaban J connectivity index is 2.80. The normalized spacial score (nSPS) is 12.5. The summed E-state index contributed by atoms with van der Waals surface area (Å²) < 4.78 is 0. The van der Waals surface area contributed by atoms with Crippen LogP contribution in [0, 0.1) is 6.92 Å². The Morgan fingerprint density at radius 2 is 2.08 bits per heavy atom. The molecule has 0 aliphatic carbocycles. The average Bonchev–Trinajstić information content (AvgIpc) is 2.32. The van der Waals surface area contributed by atoms with Crippen molar-refractivity contribution < 1.29 is 0 Å². The van der Waals surface area contributed by atoms with Gasteiger partial charge in [-0.1, -0.05) is 0 Å². The molecule has 1 aromatic rings. The lowest BCUT2D eigenvalue weighted by Gasteiger charge is -2.26. The van der Waals surface area contributed by atoms with Gasteiger partial charge in [-0.15, -0.1) is 11.3 Å². The molecule has 1 aromatic heterocycles. The summed E-state index contributed by atoms with van der Waals surface area (Å²) in [5.74, 6) is 0. The molecule has 0 amide bonds. The second kappa shape index (κ2) is 3.76. The predicted octanol–water partition coefficient (Wildman–Crippen LogP) is 2.68. The van der Waals surface area contributed by atoms with E-state index in [1.807, 2.05) is 6.20 Å². The van der Waals surface area contributed by atoms with Crippen LogP contribution in [0.1, 0.15) is 37.6 Å². The number of hydrogen-bond donors (Lipinski definition) is 1. The summed E-state index contributed by atoms with van der Waals surface area (Å²) in [6.45, 7) is 10.7.